The Morgan fingerprint density at radius 3 is 2.53 bits per heavy atom. The minimum Gasteiger partial charge on any atom is -0.481 e. The SMILES string of the molecule is COc1nc(-c2ccnc(-c3cccc(Nc4nccc(CNC[C@@H](C)O)c4F)c3Cl)c2Cl)ccc1CNC1CCN(C(C)=O)CC1. The maximum absolute atomic E-state index is 15.3. The van der Waals surface area contributed by atoms with Crippen LogP contribution in [-0.4, -0.2) is 69.8 Å². The highest BCUT2D eigenvalue weighted by molar-refractivity contribution is 6.39. The van der Waals surface area contributed by atoms with Gasteiger partial charge in [-0.05, 0) is 44.0 Å². The Bertz CT molecular complexity index is 1720. The third kappa shape index (κ3) is 8.35. The summed E-state index contributed by atoms with van der Waals surface area (Å²) in [6.45, 7) is 5.89. The summed E-state index contributed by atoms with van der Waals surface area (Å²) in [5.74, 6) is 0.0813. The molecule has 1 aromatic carbocycles. The van der Waals surface area contributed by atoms with Gasteiger partial charge in [-0.3, -0.25) is 9.78 Å². The first kappa shape index (κ1) is 34.5. The molecule has 0 spiro atoms. The Morgan fingerprint density at radius 2 is 1.81 bits per heavy atom. The summed E-state index contributed by atoms with van der Waals surface area (Å²) in [4.78, 5) is 27.0. The number of pyridine rings is 3. The number of anilines is 2. The van der Waals surface area contributed by atoms with E-state index in [9.17, 15) is 9.90 Å². The highest BCUT2D eigenvalue weighted by Crippen LogP contribution is 2.41. The molecule has 248 valence electrons. The van der Waals surface area contributed by atoms with Gasteiger partial charge < -0.3 is 30.7 Å². The van der Waals surface area contributed by atoms with Crippen LogP contribution in [0.4, 0.5) is 15.9 Å². The van der Waals surface area contributed by atoms with Crippen molar-refractivity contribution in [1.29, 1.82) is 0 Å². The molecule has 1 aliphatic heterocycles. The number of ether oxygens (including phenoxy) is 1. The fourth-order valence-corrected chi connectivity index (χ4v) is 6.05. The Morgan fingerprint density at radius 1 is 1.04 bits per heavy atom. The van der Waals surface area contributed by atoms with E-state index in [0.717, 1.165) is 31.5 Å². The molecule has 1 amide bonds. The van der Waals surface area contributed by atoms with Gasteiger partial charge in [0.2, 0.25) is 11.8 Å². The average molecular weight is 683 g/mol. The number of rotatable bonds is 12. The minimum absolute atomic E-state index is 0.0144. The van der Waals surface area contributed by atoms with E-state index in [1.807, 2.05) is 17.0 Å². The predicted octanol–water partition coefficient (Wildman–Crippen LogP) is 5.97. The van der Waals surface area contributed by atoms with E-state index in [2.05, 4.69) is 25.9 Å². The molecule has 0 aliphatic carbocycles. The standard InChI is InChI=1S/C34H38Cl2FN7O3/c1-20(45)17-38-18-22-9-13-40-33(31(22)37)42-28-6-4-5-26(29(28)35)32-30(36)25(10-14-39-32)27-8-7-23(34(43-27)47-3)19-41-24-11-15-44(16-12-24)21(2)46/h4-10,13-14,20,24,38,41,45H,11-12,15-19H2,1-3H3,(H,40,42)/t20-/m1/s1. The predicted molar refractivity (Wildman–Crippen MR) is 182 cm³/mol. The van der Waals surface area contributed by atoms with Gasteiger partial charge in [0.1, 0.15) is 0 Å². The average Bonchev–Trinajstić information content (AvgIpc) is 3.06. The molecule has 13 heteroatoms. The van der Waals surface area contributed by atoms with Crippen LogP contribution in [0.1, 0.15) is 37.8 Å². The van der Waals surface area contributed by atoms with Crippen molar-refractivity contribution in [3.63, 3.8) is 0 Å². The lowest BCUT2D eigenvalue weighted by Crippen LogP contribution is -2.44. The van der Waals surface area contributed by atoms with Gasteiger partial charge in [0.15, 0.2) is 11.6 Å². The van der Waals surface area contributed by atoms with Crippen molar-refractivity contribution in [2.45, 2.75) is 51.9 Å². The van der Waals surface area contributed by atoms with Crippen molar-refractivity contribution < 1.29 is 19.0 Å². The van der Waals surface area contributed by atoms with E-state index in [1.54, 1.807) is 57.5 Å². The lowest BCUT2D eigenvalue weighted by Gasteiger charge is -2.31. The zero-order valence-corrected chi connectivity index (χ0v) is 28.0. The van der Waals surface area contributed by atoms with E-state index < -0.39 is 11.9 Å². The van der Waals surface area contributed by atoms with Gasteiger partial charge >= 0.3 is 0 Å². The second-order valence-corrected chi connectivity index (χ2v) is 12.2. The number of likely N-dealkylation sites (tertiary alicyclic amines) is 1. The largest absolute Gasteiger partial charge is 0.481 e. The maximum atomic E-state index is 15.3. The summed E-state index contributed by atoms with van der Waals surface area (Å²) >= 11 is 13.8. The summed E-state index contributed by atoms with van der Waals surface area (Å²) in [7, 11) is 1.58. The van der Waals surface area contributed by atoms with Crippen LogP contribution in [0.25, 0.3) is 22.5 Å². The number of benzene rings is 1. The molecule has 5 rings (SSSR count). The molecule has 10 nitrogen and oxygen atoms in total. The van der Waals surface area contributed by atoms with Crippen molar-refractivity contribution in [1.82, 2.24) is 30.5 Å². The number of piperidine rings is 1. The first-order valence-electron chi connectivity index (χ1n) is 15.4. The Kier molecular flexibility index (Phi) is 11.6. The van der Waals surface area contributed by atoms with Crippen molar-refractivity contribution in [2.75, 3.05) is 32.1 Å². The van der Waals surface area contributed by atoms with Crippen molar-refractivity contribution in [3.8, 4) is 28.4 Å². The Balaban J connectivity index is 1.34. The van der Waals surface area contributed by atoms with Gasteiger partial charge in [0.25, 0.3) is 0 Å². The van der Waals surface area contributed by atoms with Gasteiger partial charge in [-0.1, -0.05) is 41.4 Å². The molecule has 1 atom stereocenters. The number of carbonyl (C=O) groups is 1. The van der Waals surface area contributed by atoms with Crippen LogP contribution < -0.4 is 20.7 Å². The molecule has 4 aromatic rings. The first-order valence-corrected chi connectivity index (χ1v) is 16.2. The molecule has 0 bridgehead atoms. The monoisotopic (exact) mass is 681 g/mol. The van der Waals surface area contributed by atoms with Crippen LogP contribution >= 0.6 is 23.2 Å². The number of methoxy groups -OCH3 is 1. The number of hydrogen-bond acceptors (Lipinski definition) is 9. The molecule has 0 unspecified atom stereocenters. The fourth-order valence-electron chi connectivity index (χ4n) is 5.47. The van der Waals surface area contributed by atoms with Gasteiger partial charge in [-0.2, -0.15) is 0 Å². The van der Waals surface area contributed by atoms with Crippen molar-refractivity contribution in [3.05, 3.63) is 81.8 Å². The van der Waals surface area contributed by atoms with E-state index in [1.165, 1.54) is 6.20 Å². The minimum atomic E-state index is -0.549. The van der Waals surface area contributed by atoms with Crippen LogP contribution in [0, 0.1) is 5.82 Å². The third-order valence-corrected chi connectivity index (χ3v) is 8.84. The lowest BCUT2D eigenvalue weighted by molar-refractivity contribution is -0.129. The number of halogens is 3. The van der Waals surface area contributed by atoms with E-state index in [4.69, 9.17) is 32.9 Å². The number of nitrogens with zero attached hydrogens (tertiary/aromatic N) is 4. The highest BCUT2D eigenvalue weighted by Gasteiger charge is 2.22. The number of amides is 1. The maximum Gasteiger partial charge on any atom is 0.219 e. The molecule has 1 saturated heterocycles. The van der Waals surface area contributed by atoms with Crippen LogP contribution in [0.5, 0.6) is 5.88 Å². The number of aliphatic hydroxyl groups is 1. The van der Waals surface area contributed by atoms with E-state index >= 15 is 4.39 Å². The van der Waals surface area contributed by atoms with Crippen molar-refractivity contribution >= 4 is 40.6 Å². The zero-order valence-electron chi connectivity index (χ0n) is 26.5. The topological polar surface area (TPSA) is 125 Å². The molecule has 1 fully saturated rings. The molecule has 0 radical (unpaired) electrons. The van der Waals surface area contributed by atoms with Crippen LogP contribution in [-0.2, 0) is 17.9 Å². The molecule has 1 aliphatic rings. The summed E-state index contributed by atoms with van der Waals surface area (Å²) in [5.41, 5.74) is 3.95. The summed E-state index contributed by atoms with van der Waals surface area (Å²) < 4.78 is 20.9. The lowest BCUT2D eigenvalue weighted by atomic mass is 10.0. The van der Waals surface area contributed by atoms with Crippen LogP contribution in [0.3, 0.4) is 0 Å². The highest BCUT2D eigenvalue weighted by atomic mass is 35.5. The third-order valence-electron chi connectivity index (χ3n) is 8.05. The number of aliphatic hydroxyl groups excluding tert-OH is 1. The zero-order chi connectivity index (χ0) is 33.5. The summed E-state index contributed by atoms with van der Waals surface area (Å²) in [6.07, 6.45) is 4.37. The molecule has 4 N–H and O–H groups in total. The second-order valence-electron chi connectivity index (χ2n) is 11.5. The smallest absolute Gasteiger partial charge is 0.219 e. The Hall–Kier alpha value is -3.87. The van der Waals surface area contributed by atoms with Gasteiger partial charge in [-0.25, -0.2) is 14.4 Å². The second kappa shape index (κ2) is 15.8. The Labute approximate surface area is 283 Å². The summed E-state index contributed by atoms with van der Waals surface area (Å²) in [5, 5.41) is 19.7. The van der Waals surface area contributed by atoms with Crippen LogP contribution in [0.2, 0.25) is 10.0 Å². The number of hydrogen-bond donors (Lipinski definition) is 4. The molecular formula is C34H38Cl2FN7O3. The van der Waals surface area contributed by atoms with Crippen molar-refractivity contribution in [2.24, 2.45) is 0 Å². The first-order chi connectivity index (χ1) is 22.7. The van der Waals surface area contributed by atoms with Crippen LogP contribution in [0.15, 0.2) is 54.9 Å². The van der Waals surface area contributed by atoms with Gasteiger partial charge in [0.05, 0.1) is 40.3 Å². The fraction of sp³-hybridized carbons (Fsp3) is 0.353. The summed E-state index contributed by atoms with van der Waals surface area (Å²) in [6, 6.07) is 12.8. The normalized spacial score (nSPS) is 14.2. The number of aromatic nitrogens is 3. The quantitative estimate of drug-likeness (QED) is 0.143. The van der Waals surface area contributed by atoms with E-state index in [-0.39, 0.29) is 18.3 Å². The van der Waals surface area contributed by atoms with E-state index in [0.29, 0.717) is 68.8 Å². The number of carbonyl (C=O) groups excluding carboxylic acids is 1. The molecule has 47 heavy (non-hydrogen) atoms. The molecule has 0 saturated carbocycles. The molecule has 4 heterocycles. The molecule has 3 aromatic heterocycles. The molecular weight excluding hydrogens is 644 g/mol. The van der Waals surface area contributed by atoms with Gasteiger partial charge in [0, 0.05) is 80.3 Å². The number of nitrogens with one attached hydrogen (secondary N) is 3. The van der Waals surface area contributed by atoms with Gasteiger partial charge in [-0.15, -0.1) is 0 Å².